The van der Waals surface area contributed by atoms with E-state index in [0.29, 0.717) is 32.2 Å². The largest absolute Gasteiger partial charge is 0.481 e. The van der Waals surface area contributed by atoms with E-state index in [9.17, 15) is 24.0 Å². The summed E-state index contributed by atoms with van der Waals surface area (Å²) in [6.07, 6.45) is 1.62. The summed E-state index contributed by atoms with van der Waals surface area (Å²) >= 11 is 0. The summed E-state index contributed by atoms with van der Waals surface area (Å²) in [7, 11) is 0. The molecule has 0 aliphatic rings. The molecule has 0 aliphatic heterocycles. The van der Waals surface area contributed by atoms with Gasteiger partial charge in [-0.2, -0.15) is 0 Å². The number of carbonyl (C=O) groups is 5. The van der Waals surface area contributed by atoms with Crippen LogP contribution in [0.3, 0.4) is 0 Å². The minimum Gasteiger partial charge on any atom is -0.481 e. The van der Waals surface area contributed by atoms with Crippen molar-refractivity contribution in [2.75, 3.05) is 6.54 Å². The lowest BCUT2D eigenvalue weighted by Gasteiger charge is -2.27. The van der Waals surface area contributed by atoms with Crippen molar-refractivity contribution < 1.29 is 34.2 Å². The maximum absolute atomic E-state index is 12.9. The van der Waals surface area contributed by atoms with E-state index < -0.39 is 60.2 Å². The average Bonchev–Trinajstić information content (AvgIpc) is 2.73. The van der Waals surface area contributed by atoms with Gasteiger partial charge in [-0.15, -0.1) is 0 Å². The van der Waals surface area contributed by atoms with E-state index in [4.69, 9.17) is 21.7 Å². The predicted octanol–water partition coefficient (Wildman–Crippen LogP) is -1.09. The highest BCUT2D eigenvalue weighted by Crippen LogP contribution is 2.10. The van der Waals surface area contributed by atoms with Crippen LogP contribution in [0.1, 0.15) is 59.3 Å². The molecular formula is C20H37N5O7. The molecule has 0 aromatic carbocycles. The van der Waals surface area contributed by atoms with Gasteiger partial charge in [0.15, 0.2) is 0 Å². The molecule has 0 aromatic heterocycles. The highest BCUT2D eigenvalue weighted by Gasteiger charge is 2.32. The number of carboxylic acid groups (broad SMARTS) is 2. The van der Waals surface area contributed by atoms with Crippen molar-refractivity contribution >= 4 is 29.7 Å². The second kappa shape index (κ2) is 15.1. The third-order valence-corrected chi connectivity index (χ3v) is 5.11. The van der Waals surface area contributed by atoms with Gasteiger partial charge < -0.3 is 37.6 Å². The lowest BCUT2D eigenvalue weighted by molar-refractivity contribution is -0.142. The summed E-state index contributed by atoms with van der Waals surface area (Å²) in [4.78, 5) is 59.8. The van der Waals surface area contributed by atoms with Crippen LogP contribution in [0.25, 0.3) is 0 Å². The fourth-order valence-corrected chi connectivity index (χ4v) is 2.78. The standard InChI is InChI=1S/C20H37N5O7/c1-4-11(2)16(25-17(28)13(22)7-5-6-10-21)19(30)24-14(8-9-15(26)27)18(29)23-12(3)20(31)32/h11-14,16H,4-10,21-22H2,1-3H3,(H,23,29)(H,24,30)(H,25,28)(H,26,27)(H,31,32). The van der Waals surface area contributed by atoms with E-state index in [-0.39, 0.29) is 12.3 Å². The number of carbonyl (C=O) groups excluding carboxylic acids is 3. The van der Waals surface area contributed by atoms with Gasteiger partial charge >= 0.3 is 11.9 Å². The number of nitrogens with two attached hydrogens (primary N) is 2. The monoisotopic (exact) mass is 459 g/mol. The molecule has 0 saturated heterocycles. The molecule has 0 spiro atoms. The molecule has 5 unspecified atom stereocenters. The Labute approximate surface area is 187 Å². The molecule has 0 radical (unpaired) electrons. The molecule has 0 rings (SSSR count). The Morgan fingerprint density at radius 1 is 0.875 bits per heavy atom. The van der Waals surface area contributed by atoms with Crippen molar-refractivity contribution in [3.63, 3.8) is 0 Å². The maximum atomic E-state index is 12.9. The van der Waals surface area contributed by atoms with Crippen molar-refractivity contribution in [1.82, 2.24) is 16.0 Å². The van der Waals surface area contributed by atoms with Gasteiger partial charge in [0, 0.05) is 6.42 Å². The maximum Gasteiger partial charge on any atom is 0.325 e. The fourth-order valence-electron chi connectivity index (χ4n) is 2.78. The Morgan fingerprint density at radius 2 is 1.50 bits per heavy atom. The summed E-state index contributed by atoms with van der Waals surface area (Å²) < 4.78 is 0. The van der Waals surface area contributed by atoms with Gasteiger partial charge in [0.2, 0.25) is 17.7 Å². The highest BCUT2D eigenvalue weighted by molar-refractivity contribution is 5.94. The molecule has 0 fully saturated rings. The Morgan fingerprint density at radius 3 is 2.00 bits per heavy atom. The van der Waals surface area contributed by atoms with Crippen molar-refractivity contribution in [3.05, 3.63) is 0 Å². The fraction of sp³-hybridized carbons (Fsp3) is 0.750. The van der Waals surface area contributed by atoms with Gasteiger partial charge in [-0.1, -0.05) is 26.7 Å². The van der Waals surface area contributed by atoms with Gasteiger partial charge in [0.1, 0.15) is 18.1 Å². The van der Waals surface area contributed by atoms with Gasteiger partial charge in [-0.05, 0) is 38.6 Å². The normalized spacial score (nSPS) is 15.5. The third-order valence-electron chi connectivity index (χ3n) is 5.11. The van der Waals surface area contributed by atoms with Crippen molar-refractivity contribution in [1.29, 1.82) is 0 Å². The quantitative estimate of drug-likeness (QED) is 0.139. The van der Waals surface area contributed by atoms with Gasteiger partial charge in [-0.25, -0.2) is 0 Å². The molecule has 184 valence electrons. The SMILES string of the molecule is CCC(C)C(NC(=O)C(N)CCCCN)C(=O)NC(CCC(=O)O)C(=O)NC(C)C(=O)O. The van der Waals surface area contributed by atoms with Crippen molar-refractivity contribution in [2.45, 2.75) is 83.5 Å². The van der Waals surface area contributed by atoms with Crippen LogP contribution < -0.4 is 27.4 Å². The molecule has 12 nitrogen and oxygen atoms in total. The van der Waals surface area contributed by atoms with Gasteiger partial charge in [0.25, 0.3) is 0 Å². The number of amides is 3. The number of carboxylic acids is 2. The number of rotatable bonds is 16. The van der Waals surface area contributed by atoms with E-state index in [1.54, 1.807) is 6.92 Å². The minimum absolute atomic E-state index is 0.251. The summed E-state index contributed by atoms with van der Waals surface area (Å²) in [6.45, 7) is 5.28. The zero-order valence-corrected chi connectivity index (χ0v) is 18.9. The number of hydrogen-bond acceptors (Lipinski definition) is 7. The molecule has 0 saturated carbocycles. The first kappa shape index (κ1) is 29.3. The molecule has 32 heavy (non-hydrogen) atoms. The molecule has 3 amide bonds. The zero-order chi connectivity index (χ0) is 24.8. The van der Waals surface area contributed by atoms with E-state index in [2.05, 4.69) is 16.0 Å². The van der Waals surface area contributed by atoms with E-state index in [1.807, 2.05) is 6.92 Å². The summed E-state index contributed by atoms with van der Waals surface area (Å²) in [5.41, 5.74) is 11.3. The molecule has 0 aromatic rings. The first-order valence-corrected chi connectivity index (χ1v) is 10.8. The predicted molar refractivity (Wildman–Crippen MR) is 116 cm³/mol. The Hall–Kier alpha value is -2.73. The summed E-state index contributed by atoms with van der Waals surface area (Å²) in [6, 6.07) is -4.36. The third kappa shape index (κ3) is 11.0. The minimum atomic E-state index is -1.29. The smallest absolute Gasteiger partial charge is 0.325 e. The Balaban J connectivity index is 5.37. The Kier molecular flexibility index (Phi) is 13.8. The van der Waals surface area contributed by atoms with Crippen molar-refractivity contribution in [2.24, 2.45) is 17.4 Å². The molecule has 0 heterocycles. The van der Waals surface area contributed by atoms with Crippen LogP contribution in [0.2, 0.25) is 0 Å². The van der Waals surface area contributed by atoms with Crippen LogP contribution in [0.15, 0.2) is 0 Å². The zero-order valence-electron chi connectivity index (χ0n) is 18.9. The number of hydrogen-bond donors (Lipinski definition) is 7. The first-order chi connectivity index (χ1) is 14.9. The number of nitrogens with one attached hydrogen (secondary N) is 3. The van der Waals surface area contributed by atoms with Crippen LogP contribution >= 0.6 is 0 Å². The molecule has 12 heteroatoms. The summed E-state index contributed by atoms with van der Waals surface area (Å²) in [5.74, 6) is -4.81. The van der Waals surface area contributed by atoms with E-state index in [1.165, 1.54) is 6.92 Å². The van der Waals surface area contributed by atoms with Crippen LogP contribution in [0, 0.1) is 5.92 Å². The van der Waals surface area contributed by atoms with Crippen LogP contribution in [-0.2, 0) is 24.0 Å². The van der Waals surface area contributed by atoms with E-state index in [0.717, 1.165) is 0 Å². The van der Waals surface area contributed by atoms with E-state index >= 15 is 0 Å². The highest BCUT2D eigenvalue weighted by atomic mass is 16.4. The molecule has 0 bridgehead atoms. The second-order valence-electron chi connectivity index (χ2n) is 7.82. The number of unbranched alkanes of at least 4 members (excludes halogenated alkanes) is 1. The lowest BCUT2D eigenvalue weighted by Crippen LogP contribution is -2.58. The molecular weight excluding hydrogens is 422 g/mol. The van der Waals surface area contributed by atoms with Crippen LogP contribution in [-0.4, -0.2) is 70.6 Å². The lowest BCUT2D eigenvalue weighted by atomic mass is 9.96. The summed E-state index contributed by atoms with van der Waals surface area (Å²) in [5, 5.41) is 25.2. The Bertz CT molecular complexity index is 658. The van der Waals surface area contributed by atoms with Crippen LogP contribution in [0.4, 0.5) is 0 Å². The second-order valence-corrected chi connectivity index (χ2v) is 7.82. The molecule has 0 aliphatic carbocycles. The first-order valence-electron chi connectivity index (χ1n) is 10.8. The average molecular weight is 460 g/mol. The molecule has 9 N–H and O–H groups in total. The number of aliphatic carboxylic acids is 2. The van der Waals surface area contributed by atoms with Crippen LogP contribution in [0.5, 0.6) is 0 Å². The molecule has 5 atom stereocenters. The van der Waals surface area contributed by atoms with Gasteiger partial charge in [0.05, 0.1) is 6.04 Å². The topological polar surface area (TPSA) is 214 Å². The van der Waals surface area contributed by atoms with Crippen molar-refractivity contribution in [3.8, 4) is 0 Å². The van der Waals surface area contributed by atoms with Gasteiger partial charge in [-0.3, -0.25) is 24.0 Å².